The highest BCUT2D eigenvalue weighted by atomic mass is 15.3. The maximum atomic E-state index is 4.83. The Hall–Kier alpha value is -3.55. The number of fused-ring (bicyclic) bond motifs is 1. The smallest absolute Gasteiger partial charge is 0.162 e. The number of piperazine rings is 1. The summed E-state index contributed by atoms with van der Waals surface area (Å²) in [6.07, 6.45) is 7.38. The zero-order valence-corrected chi connectivity index (χ0v) is 17.4. The van der Waals surface area contributed by atoms with Gasteiger partial charge in [0.1, 0.15) is 11.6 Å². The van der Waals surface area contributed by atoms with Crippen molar-refractivity contribution in [2.24, 2.45) is 7.05 Å². The van der Waals surface area contributed by atoms with Gasteiger partial charge < -0.3 is 9.80 Å². The summed E-state index contributed by atoms with van der Waals surface area (Å²) in [6, 6.07) is 6.34. The van der Waals surface area contributed by atoms with Crippen molar-refractivity contribution in [3.63, 3.8) is 0 Å². The van der Waals surface area contributed by atoms with Crippen LogP contribution in [0.2, 0.25) is 0 Å². The maximum absolute atomic E-state index is 4.83. The molecule has 0 N–H and O–H groups in total. The molecule has 1 fully saturated rings. The van der Waals surface area contributed by atoms with Crippen LogP contribution in [0.1, 0.15) is 11.3 Å². The molecule has 0 aliphatic carbocycles. The average Bonchev–Trinajstić information content (AvgIpc) is 3.20. The van der Waals surface area contributed by atoms with E-state index in [0.29, 0.717) is 0 Å². The molecule has 4 aromatic heterocycles. The summed E-state index contributed by atoms with van der Waals surface area (Å²) in [5, 5.41) is 5.34. The van der Waals surface area contributed by atoms with Crippen molar-refractivity contribution >= 4 is 22.7 Å². The van der Waals surface area contributed by atoms with Gasteiger partial charge in [-0.05, 0) is 37.6 Å². The molecule has 5 heterocycles. The zero-order valence-electron chi connectivity index (χ0n) is 17.4. The lowest BCUT2D eigenvalue weighted by molar-refractivity contribution is 0.641. The predicted molar refractivity (Wildman–Crippen MR) is 118 cm³/mol. The second-order valence-corrected chi connectivity index (χ2v) is 7.76. The van der Waals surface area contributed by atoms with Gasteiger partial charge in [-0.1, -0.05) is 0 Å². The Morgan fingerprint density at radius 3 is 2.33 bits per heavy atom. The first-order valence-electron chi connectivity index (χ1n) is 10.1. The number of hydrogen-bond acceptors (Lipinski definition) is 7. The lowest BCUT2D eigenvalue weighted by Gasteiger charge is -2.36. The summed E-state index contributed by atoms with van der Waals surface area (Å²) in [7, 11) is 1.90. The van der Waals surface area contributed by atoms with Crippen molar-refractivity contribution in [1.82, 2.24) is 29.7 Å². The third-order valence-corrected chi connectivity index (χ3v) is 5.54. The third-order valence-electron chi connectivity index (χ3n) is 5.54. The van der Waals surface area contributed by atoms with Crippen LogP contribution in [-0.4, -0.2) is 55.9 Å². The molecule has 0 aromatic carbocycles. The van der Waals surface area contributed by atoms with Gasteiger partial charge in [-0.3, -0.25) is 9.67 Å². The summed E-state index contributed by atoms with van der Waals surface area (Å²) in [5.74, 6) is 1.88. The molecule has 0 amide bonds. The number of aromatic nitrogens is 6. The van der Waals surface area contributed by atoms with Gasteiger partial charge in [0.25, 0.3) is 0 Å². The topological polar surface area (TPSA) is 75.9 Å². The standard InChI is InChI=1S/C22H24N8/c1-15-10-16(2)25-22-18(15)4-5-20(27-22)29-6-8-30(9-7-29)21-13-23-12-19(26-21)17-11-24-28(3)14-17/h4-5,10-14H,6-9H2,1-3H3. The van der Waals surface area contributed by atoms with Crippen LogP contribution >= 0.6 is 0 Å². The molecule has 4 aromatic rings. The minimum absolute atomic E-state index is 0.822. The molecule has 1 aliphatic rings. The van der Waals surface area contributed by atoms with Crippen LogP contribution in [0.3, 0.4) is 0 Å². The molecule has 1 aliphatic heterocycles. The first kappa shape index (κ1) is 18.5. The largest absolute Gasteiger partial charge is 0.353 e. The normalized spacial score (nSPS) is 14.5. The van der Waals surface area contributed by atoms with Crippen LogP contribution in [0.15, 0.2) is 43.0 Å². The maximum Gasteiger partial charge on any atom is 0.162 e. The number of nitrogens with zero attached hydrogens (tertiary/aromatic N) is 8. The highest BCUT2D eigenvalue weighted by Crippen LogP contribution is 2.23. The number of pyridine rings is 2. The van der Waals surface area contributed by atoms with E-state index in [1.807, 2.05) is 32.6 Å². The number of hydrogen-bond donors (Lipinski definition) is 0. The summed E-state index contributed by atoms with van der Waals surface area (Å²) in [4.78, 5) is 23.2. The van der Waals surface area contributed by atoms with Gasteiger partial charge in [0.15, 0.2) is 5.65 Å². The molecule has 0 bridgehead atoms. The van der Waals surface area contributed by atoms with E-state index in [2.05, 4.69) is 50.0 Å². The number of rotatable bonds is 3. The van der Waals surface area contributed by atoms with Crippen molar-refractivity contribution in [2.75, 3.05) is 36.0 Å². The molecule has 0 unspecified atom stereocenters. The highest BCUT2D eigenvalue weighted by Gasteiger charge is 2.20. The van der Waals surface area contributed by atoms with Crippen molar-refractivity contribution < 1.29 is 0 Å². The lowest BCUT2D eigenvalue weighted by atomic mass is 10.1. The van der Waals surface area contributed by atoms with E-state index >= 15 is 0 Å². The van der Waals surface area contributed by atoms with Gasteiger partial charge in [0, 0.05) is 56.1 Å². The minimum Gasteiger partial charge on any atom is -0.353 e. The molecule has 0 radical (unpaired) electrons. The first-order chi connectivity index (χ1) is 14.6. The number of anilines is 2. The quantitative estimate of drug-likeness (QED) is 0.523. The van der Waals surface area contributed by atoms with Crippen LogP contribution < -0.4 is 9.80 Å². The van der Waals surface area contributed by atoms with Gasteiger partial charge >= 0.3 is 0 Å². The monoisotopic (exact) mass is 400 g/mol. The first-order valence-corrected chi connectivity index (χ1v) is 10.1. The molecule has 0 saturated carbocycles. The molecule has 5 rings (SSSR count). The second kappa shape index (κ2) is 7.37. The Morgan fingerprint density at radius 1 is 0.833 bits per heavy atom. The van der Waals surface area contributed by atoms with Crippen LogP contribution in [0.5, 0.6) is 0 Å². The van der Waals surface area contributed by atoms with Crippen molar-refractivity contribution in [3.8, 4) is 11.3 Å². The Balaban J connectivity index is 1.33. The van der Waals surface area contributed by atoms with Crippen LogP contribution in [-0.2, 0) is 7.05 Å². The minimum atomic E-state index is 0.822. The van der Waals surface area contributed by atoms with Crippen molar-refractivity contribution in [2.45, 2.75) is 13.8 Å². The van der Waals surface area contributed by atoms with Gasteiger partial charge in [0.2, 0.25) is 0 Å². The van der Waals surface area contributed by atoms with E-state index < -0.39 is 0 Å². The van der Waals surface area contributed by atoms with Crippen LogP contribution in [0.4, 0.5) is 11.6 Å². The van der Waals surface area contributed by atoms with E-state index in [1.165, 1.54) is 5.56 Å². The molecule has 1 saturated heterocycles. The molecule has 30 heavy (non-hydrogen) atoms. The fourth-order valence-corrected chi connectivity index (χ4v) is 3.96. The molecular formula is C22H24N8. The fraction of sp³-hybridized carbons (Fsp3) is 0.318. The molecule has 0 spiro atoms. The van der Waals surface area contributed by atoms with Crippen LogP contribution in [0.25, 0.3) is 22.3 Å². The van der Waals surface area contributed by atoms with Gasteiger partial charge in [-0.25, -0.2) is 15.0 Å². The van der Waals surface area contributed by atoms with E-state index in [1.54, 1.807) is 10.9 Å². The third kappa shape index (κ3) is 3.45. The Morgan fingerprint density at radius 2 is 1.60 bits per heavy atom. The highest BCUT2D eigenvalue weighted by molar-refractivity contribution is 5.80. The molecule has 8 nitrogen and oxygen atoms in total. The van der Waals surface area contributed by atoms with E-state index in [0.717, 1.165) is 65.8 Å². The molecular weight excluding hydrogens is 376 g/mol. The average molecular weight is 400 g/mol. The van der Waals surface area contributed by atoms with E-state index in [-0.39, 0.29) is 0 Å². The Labute approximate surface area is 175 Å². The number of aryl methyl sites for hydroxylation is 3. The zero-order chi connectivity index (χ0) is 20.7. The summed E-state index contributed by atoms with van der Waals surface area (Å²) < 4.78 is 1.77. The van der Waals surface area contributed by atoms with Gasteiger partial charge in [0.05, 0.1) is 24.3 Å². The second-order valence-electron chi connectivity index (χ2n) is 7.76. The Bertz CT molecular complexity index is 1210. The van der Waals surface area contributed by atoms with Crippen molar-refractivity contribution in [3.05, 3.63) is 54.2 Å². The molecule has 152 valence electrons. The van der Waals surface area contributed by atoms with Gasteiger partial charge in [-0.2, -0.15) is 5.10 Å². The van der Waals surface area contributed by atoms with E-state index in [4.69, 9.17) is 9.97 Å². The van der Waals surface area contributed by atoms with Gasteiger partial charge in [-0.15, -0.1) is 0 Å². The fourth-order valence-electron chi connectivity index (χ4n) is 3.96. The Kier molecular flexibility index (Phi) is 4.54. The lowest BCUT2D eigenvalue weighted by Crippen LogP contribution is -2.47. The SMILES string of the molecule is Cc1cc(C)c2ccc(N3CCN(c4cncc(-c5cnn(C)c5)n4)CC3)nc2n1. The predicted octanol–water partition coefficient (Wildman–Crippen LogP) is 2.76. The molecule has 0 atom stereocenters. The summed E-state index contributed by atoms with van der Waals surface area (Å²) in [5.41, 5.74) is 4.86. The summed E-state index contributed by atoms with van der Waals surface area (Å²) in [6.45, 7) is 7.61. The van der Waals surface area contributed by atoms with E-state index in [9.17, 15) is 0 Å². The van der Waals surface area contributed by atoms with Crippen molar-refractivity contribution in [1.29, 1.82) is 0 Å². The summed E-state index contributed by atoms with van der Waals surface area (Å²) >= 11 is 0. The van der Waals surface area contributed by atoms with Crippen LogP contribution in [0, 0.1) is 13.8 Å². The molecule has 8 heteroatoms.